The highest BCUT2D eigenvalue weighted by Gasteiger charge is 2.14. The first kappa shape index (κ1) is 12.4. The van der Waals surface area contributed by atoms with E-state index >= 15 is 0 Å². The van der Waals surface area contributed by atoms with E-state index in [2.05, 4.69) is 5.10 Å². The van der Waals surface area contributed by atoms with Crippen molar-refractivity contribution in [2.45, 2.75) is 40.3 Å². The molecule has 16 heavy (non-hydrogen) atoms. The highest BCUT2D eigenvalue weighted by molar-refractivity contribution is 5.78. The van der Waals surface area contributed by atoms with Crippen LogP contribution in [0.1, 0.15) is 35.6 Å². The molecule has 0 N–H and O–H groups in total. The number of aldehydes is 1. The molecule has 5 nitrogen and oxygen atoms in total. The van der Waals surface area contributed by atoms with Crippen molar-refractivity contribution in [1.82, 2.24) is 9.78 Å². The molecular weight excluding hydrogens is 208 g/mol. The van der Waals surface area contributed by atoms with Crippen molar-refractivity contribution in [2.24, 2.45) is 0 Å². The van der Waals surface area contributed by atoms with E-state index in [1.807, 2.05) is 0 Å². The van der Waals surface area contributed by atoms with Crippen LogP contribution in [-0.4, -0.2) is 28.1 Å². The van der Waals surface area contributed by atoms with Gasteiger partial charge in [-0.3, -0.25) is 14.3 Å². The molecule has 1 aromatic rings. The highest BCUT2D eigenvalue weighted by atomic mass is 16.5. The highest BCUT2D eigenvalue weighted by Crippen LogP contribution is 2.10. The molecule has 0 saturated carbocycles. The molecule has 0 aliphatic rings. The molecule has 1 aromatic heterocycles. The lowest BCUT2D eigenvalue weighted by atomic mass is 10.2. The van der Waals surface area contributed by atoms with Crippen LogP contribution in [0.2, 0.25) is 0 Å². The van der Waals surface area contributed by atoms with Crippen LogP contribution in [0.25, 0.3) is 0 Å². The number of hydrogen-bond acceptors (Lipinski definition) is 4. The van der Waals surface area contributed by atoms with Crippen molar-refractivity contribution in [3.63, 3.8) is 0 Å². The van der Waals surface area contributed by atoms with Gasteiger partial charge in [-0.05, 0) is 27.7 Å². The molecule has 0 aromatic carbocycles. The second-order valence-electron chi connectivity index (χ2n) is 3.90. The van der Waals surface area contributed by atoms with Gasteiger partial charge in [-0.2, -0.15) is 5.10 Å². The van der Waals surface area contributed by atoms with Gasteiger partial charge < -0.3 is 4.74 Å². The molecule has 0 bridgehead atoms. The van der Waals surface area contributed by atoms with Crippen LogP contribution in [0, 0.1) is 13.8 Å². The molecule has 0 unspecified atom stereocenters. The van der Waals surface area contributed by atoms with E-state index in [1.165, 1.54) is 4.68 Å². The van der Waals surface area contributed by atoms with E-state index in [1.54, 1.807) is 27.7 Å². The van der Waals surface area contributed by atoms with Crippen LogP contribution in [0.3, 0.4) is 0 Å². The third-order valence-electron chi connectivity index (χ3n) is 2.20. The summed E-state index contributed by atoms with van der Waals surface area (Å²) in [4.78, 5) is 22.2. The zero-order valence-electron chi connectivity index (χ0n) is 9.98. The Kier molecular flexibility index (Phi) is 3.82. The number of rotatable bonds is 4. The fraction of sp³-hybridized carbons (Fsp3) is 0.545. The lowest BCUT2D eigenvalue weighted by Gasteiger charge is -2.08. The average Bonchev–Trinajstić information content (AvgIpc) is 2.40. The zero-order valence-corrected chi connectivity index (χ0v) is 9.98. The topological polar surface area (TPSA) is 61.2 Å². The van der Waals surface area contributed by atoms with Gasteiger partial charge in [-0.15, -0.1) is 0 Å². The predicted octanol–water partition coefficient (Wildman–Crippen LogP) is 1.26. The molecule has 0 aliphatic heterocycles. The van der Waals surface area contributed by atoms with E-state index in [4.69, 9.17) is 4.74 Å². The van der Waals surface area contributed by atoms with Crippen molar-refractivity contribution >= 4 is 12.3 Å². The molecule has 0 atom stereocenters. The SMILES string of the molecule is Cc1nn(CC(=O)OC(C)C)c(C)c1C=O. The second-order valence-corrected chi connectivity index (χ2v) is 3.90. The van der Waals surface area contributed by atoms with Gasteiger partial charge in [0.05, 0.1) is 17.4 Å². The number of esters is 1. The summed E-state index contributed by atoms with van der Waals surface area (Å²) in [5, 5.41) is 4.11. The monoisotopic (exact) mass is 224 g/mol. The Bertz CT molecular complexity index is 408. The first-order valence-corrected chi connectivity index (χ1v) is 5.14. The van der Waals surface area contributed by atoms with E-state index in [9.17, 15) is 9.59 Å². The van der Waals surface area contributed by atoms with Crippen molar-refractivity contribution in [3.05, 3.63) is 17.0 Å². The van der Waals surface area contributed by atoms with Crippen molar-refractivity contribution < 1.29 is 14.3 Å². The molecule has 0 radical (unpaired) electrons. The molecule has 0 spiro atoms. The van der Waals surface area contributed by atoms with E-state index < -0.39 is 0 Å². The second kappa shape index (κ2) is 4.92. The summed E-state index contributed by atoms with van der Waals surface area (Å²) in [7, 11) is 0. The third kappa shape index (κ3) is 2.68. The Hall–Kier alpha value is -1.65. The van der Waals surface area contributed by atoms with Gasteiger partial charge in [-0.25, -0.2) is 0 Å². The molecule has 0 amide bonds. The largest absolute Gasteiger partial charge is 0.462 e. The minimum absolute atomic E-state index is 0.0404. The van der Waals surface area contributed by atoms with Crippen LogP contribution >= 0.6 is 0 Å². The minimum Gasteiger partial charge on any atom is -0.462 e. The maximum Gasteiger partial charge on any atom is 0.328 e. The fourth-order valence-electron chi connectivity index (χ4n) is 1.46. The normalized spacial score (nSPS) is 10.6. The van der Waals surface area contributed by atoms with Gasteiger partial charge in [0, 0.05) is 5.69 Å². The van der Waals surface area contributed by atoms with Crippen molar-refractivity contribution in [1.29, 1.82) is 0 Å². The summed E-state index contributed by atoms with van der Waals surface area (Å²) in [6, 6.07) is 0. The van der Waals surface area contributed by atoms with Gasteiger partial charge in [0.25, 0.3) is 0 Å². The quantitative estimate of drug-likeness (QED) is 0.570. The number of carbonyl (C=O) groups excluding carboxylic acids is 2. The fourth-order valence-corrected chi connectivity index (χ4v) is 1.46. The first-order chi connectivity index (χ1) is 7.45. The Morgan fingerprint density at radius 2 is 2.12 bits per heavy atom. The summed E-state index contributed by atoms with van der Waals surface area (Å²) >= 11 is 0. The Balaban J connectivity index is 2.82. The van der Waals surface area contributed by atoms with E-state index in [0.29, 0.717) is 17.0 Å². The average molecular weight is 224 g/mol. The van der Waals surface area contributed by atoms with Gasteiger partial charge in [0.1, 0.15) is 6.54 Å². The van der Waals surface area contributed by atoms with Crippen molar-refractivity contribution in [2.75, 3.05) is 0 Å². The number of nitrogens with zero attached hydrogens (tertiary/aromatic N) is 2. The molecular formula is C11H16N2O3. The summed E-state index contributed by atoms with van der Waals surface area (Å²) in [5.74, 6) is -0.349. The molecule has 5 heteroatoms. The van der Waals surface area contributed by atoms with Crippen molar-refractivity contribution in [3.8, 4) is 0 Å². The van der Waals surface area contributed by atoms with Gasteiger partial charge in [0.2, 0.25) is 0 Å². The van der Waals surface area contributed by atoms with Crippen LogP contribution in [0.4, 0.5) is 0 Å². The molecule has 0 aliphatic carbocycles. The first-order valence-electron chi connectivity index (χ1n) is 5.14. The van der Waals surface area contributed by atoms with Gasteiger partial charge in [0.15, 0.2) is 6.29 Å². The number of aryl methyl sites for hydroxylation is 1. The predicted molar refractivity (Wildman–Crippen MR) is 58.3 cm³/mol. The van der Waals surface area contributed by atoms with Gasteiger partial charge >= 0.3 is 5.97 Å². The van der Waals surface area contributed by atoms with Crippen LogP contribution in [-0.2, 0) is 16.1 Å². The lowest BCUT2D eigenvalue weighted by molar-refractivity contribution is -0.148. The van der Waals surface area contributed by atoms with E-state index in [0.717, 1.165) is 6.29 Å². The van der Waals surface area contributed by atoms with Crippen LogP contribution in [0.15, 0.2) is 0 Å². The summed E-state index contributed by atoms with van der Waals surface area (Å²) in [6.07, 6.45) is 0.608. The molecule has 1 heterocycles. The summed E-state index contributed by atoms with van der Waals surface area (Å²) in [6.45, 7) is 7.11. The maximum absolute atomic E-state index is 11.4. The minimum atomic E-state index is -0.349. The lowest BCUT2D eigenvalue weighted by Crippen LogP contribution is -2.19. The Labute approximate surface area is 94.4 Å². The zero-order chi connectivity index (χ0) is 12.3. The standard InChI is InChI=1S/C11H16N2O3/c1-7(2)16-11(15)5-13-9(4)10(6-14)8(3)12-13/h6-7H,5H2,1-4H3. The molecule has 1 rings (SSSR count). The number of hydrogen-bond donors (Lipinski definition) is 0. The molecule has 88 valence electrons. The van der Waals surface area contributed by atoms with Crippen LogP contribution < -0.4 is 0 Å². The number of carbonyl (C=O) groups is 2. The van der Waals surface area contributed by atoms with Crippen LogP contribution in [0.5, 0.6) is 0 Å². The summed E-state index contributed by atoms with van der Waals surface area (Å²) in [5.41, 5.74) is 1.86. The maximum atomic E-state index is 11.4. The van der Waals surface area contributed by atoms with E-state index in [-0.39, 0.29) is 18.6 Å². The molecule has 0 fully saturated rings. The summed E-state index contributed by atoms with van der Waals surface area (Å²) < 4.78 is 6.49. The third-order valence-corrected chi connectivity index (χ3v) is 2.20. The molecule has 0 saturated heterocycles. The number of aromatic nitrogens is 2. The Morgan fingerprint density at radius 1 is 1.50 bits per heavy atom. The van der Waals surface area contributed by atoms with Gasteiger partial charge in [-0.1, -0.05) is 0 Å². The Morgan fingerprint density at radius 3 is 2.56 bits per heavy atom. The number of ether oxygens (including phenoxy) is 1. The smallest absolute Gasteiger partial charge is 0.328 e.